The fraction of sp³-hybridized carbons (Fsp3) is 0.571. The van der Waals surface area contributed by atoms with Gasteiger partial charge in [-0.2, -0.15) is 0 Å². The Morgan fingerprint density at radius 1 is 1.29 bits per heavy atom. The molecular formula is C14H22N2S. The molecule has 1 aromatic carbocycles. The largest absolute Gasteiger partial charge is 0.330 e. The molecule has 0 spiro atoms. The minimum atomic E-state index is 0.438. The van der Waals surface area contributed by atoms with E-state index in [2.05, 4.69) is 42.5 Å². The molecule has 0 aromatic heterocycles. The molecule has 1 saturated carbocycles. The lowest BCUT2D eigenvalue weighted by molar-refractivity contribution is 0.259. The highest BCUT2D eigenvalue weighted by atomic mass is 32.2. The maximum atomic E-state index is 5.82. The zero-order chi connectivity index (χ0) is 12.3. The molecule has 0 aliphatic heterocycles. The molecule has 0 bridgehead atoms. The number of benzene rings is 1. The van der Waals surface area contributed by atoms with Gasteiger partial charge in [-0.25, -0.2) is 0 Å². The highest BCUT2D eigenvalue weighted by Crippen LogP contribution is 2.45. The van der Waals surface area contributed by atoms with Crippen molar-refractivity contribution in [3.63, 3.8) is 0 Å². The Bertz CT molecular complexity index is 357. The zero-order valence-electron chi connectivity index (χ0n) is 10.8. The molecule has 0 radical (unpaired) electrons. The molecule has 2 nitrogen and oxygen atoms in total. The number of rotatable bonds is 6. The number of thioether (sulfide) groups is 1. The van der Waals surface area contributed by atoms with E-state index in [-0.39, 0.29) is 0 Å². The topological polar surface area (TPSA) is 29.3 Å². The highest BCUT2D eigenvalue weighted by Gasteiger charge is 2.41. The van der Waals surface area contributed by atoms with Crippen molar-refractivity contribution in [2.75, 3.05) is 26.4 Å². The second-order valence-corrected chi connectivity index (χ2v) is 6.10. The van der Waals surface area contributed by atoms with E-state index in [1.54, 1.807) is 11.8 Å². The van der Waals surface area contributed by atoms with E-state index in [1.807, 2.05) is 0 Å². The summed E-state index contributed by atoms with van der Waals surface area (Å²) < 4.78 is 0. The van der Waals surface area contributed by atoms with Crippen LogP contribution in [0.3, 0.4) is 0 Å². The normalized spacial score (nSPS) is 17.4. The van der Waals surface area contributed by atoms with Gasteiger partial charge in [0.2, 0.25) is 0 Å². The average Bonchev–Trinajstić information content (AvgIpc) is 3.10. The highest BCUT2D eigenvalue weighted by molar-refractivity contribution is 7.98. The van der Waals surface area contributed by atoms with Crippen molar-refractivity contribution < 1.29 is 0 Å². The molecule has 0 amide bonds. The summed E-state index contributed by atoms with van der Waals surface area (Å²) in [5, 5.41) is 0. The summed E-state index contributed by atoms with van der Waals surface area (Å²) in [6.45, 7) is 2.99. The first kappa shape index (κ1) is 12.9. The average molecular weight is 250 g/mol. The van der Waals surface area contributed by atoms with Crippen LogP contribution in [0.25, 0.3) is 0 Å². The van der Waals surface area contributed by atoms with E-state index in [0.717, 1.165) is 19.6 Å². The van der Waals surface area contributed by atoms with Crippen molar-refractivity contribution in [2.45, 2.75) is 24.3 Å². The monoisotopic (exact) mass is 250 g/mol. The van der Waals surface area contributed by atoms with E-state index in [4.69, 9.17) is 5.73 Å². The van der Waals surface area contributed by atoms with Crippen LogP contribution < -0.4 is 5.73 Å². The fourth-order valence-electron chi connectivity index (χ4n) is 2.27. The van der Waals surface area contributed by atoms with Gasteiger partial charge in [-0.1, -0.05) is 12.1 Å². The molecule has 1 aliphatic rings. The Morgan fingerprint density at radius 3 is 2.41 bits per heavy atom. The van der Waals surface area contributed by atoms with Gasteiger partial charge in [0, 0.05) is 18.0 Å². The van der Waals surface area contributed by atoms with Gasteiger partial charge in [-0.3, -0.25) is 0 Å². The van der Waals surface area contributed by atoms with Crippen molar-refractivity contribution in [1.29, 1.82) is 0 Å². The van der Waals surface area contributed by atoms with E-state index in [0.29, 0.717) is 5.41 Å². The molecule has 2 rings (SSSR count). The summed E-state index contributed by atoms with van der Waals surface area (Å²) >= 11 is 1.79. The van der Waals surface area contributed by atoms with Crippen LogP contribution in [0.2, 0.25) is 0 Å². The minimum Gasteiger partial charge on any atom is -0.330 e. The van der Waals surface area contributed by atoms with Gasteiger partial charge in [-0.15, -0.1) is 11.8 Å². The zero-order valence-corrected chi connectivity index (χ0v) is 11.6. The minimum absolute atomic E-state index is 0.438. The molecule has 94 valence electrons. The number of hydrogen-bond acceptors (Lipinski definition) is 3. The third-order valence-corrected chi connectivity index (χ3v) is 4.35. The third-order valence-electron chi connectivity index (χ3n) is 3.61. The first-order valence-corrected chi connectivity index (χ1v) is 7.41. The summed E-state index contributed by atoms with van der Waals surface area (Å²) in [7, 11) is 2.19. The molecule has 1 aromatic rings. The predicted molar refractivity (Wildman–Crippen MR) is 75.3 cm³/mol. The summed E-state index contributed by atoms with van der Waals surface area (Å²) in [5.74, 6) is 0. The summed E-state index contributed by atoms with van der Waals surface area (Å²) in [6, 6.07) is 8.85. The fourth-order valence-corrected chi connectivity index (χ4v) is 2.68. The molecule has 0 atom stereocenters. The molecule has 0 unspecified atom stereocenters. The van der Waals surface area contributed by atoms with Crippen LogP contribution >= 0.6 is 11.8 Å². The maximum Gasteiger partial charge on any atom is 0.0230 e. The van der Waals surface area contributed by atoms with Crippen LogP contribution in [0.4, 0.5) is 0 Å². The molecule has 0 heterocycles. The molecule has 3 heteroatoms. The van der Waals surface area contributed by atoms with E-state index in [9.17, 15) is 0 Å². The molecule has 0 saturated heterocycles. The molecule has 1 aliphatic carbocycles. The van der Waals surface area contributed by atoms with Gasteiger partial charge in [0.15, 0.2) is 0 Å². The first-order chi connectivity index (χ1) is 8.17. The Kier molecular flexibility index (Phi) is 4.13. The summed E-state index contributed by atoms with van der Waals surface area (Å²) in [6.07, 6.45) is 4.72. The summed E-state index contributed by atoms with van der Waals surface area (Å²) in [5.41, 5.74) is 7.64. The smallest absolute Gasteiger partial charge is 0.0230 e. The summed E-state index contributed by atoms with van der Waals surface area (Å²) in [4.78, 5) is 3.73. The van der Waals surface area contributed by atoms with Crippen molar-refractivity contribution >= 4 is 11.8 Å². The van der Waals surface area contributed by atoms with Crippen molar-refractivity contribution in [3.05, 3.63) is 29.8 Å². The van der Waals surface area contributed by atoms with Crippen LogP contribution in [0, 0.1) is 5.41 Å². The quantitative estimate of drug-likeness (QED) is 0.787. The van der Waals surface area contributed by atoms with E-state index < -0.39 is 0 Å². The SMILES string of the molecule is CSc1ccc(CN(C)CC2(CN)CC2)cc1. The lowest BCUT2D eigenvalue weighted by atomic mass is 10.1. The van der Waals surface area contributed by atoms with Gasteiger partial charge in [0.05, 0.1) is 0 Å². The lowest BCUT2D eigenvalue weighted by Crippen LogP contribution is -2.31. The maximum absolute atomic E-state index is 5.82. The van der Waals surface area contributed by atoms with Crippen molar-refractivity contribution in [2.24, 2.45) is 11.1 Å². The third kappa shape index (κ3) is 3.47. The van der Waals surface area contributed by atoms with E-state index >= 15 is 0 Å². The Hall–Kier alpha value is -0.510. The Morgan fingerprint density at radius 2 is 1.94 bits per heavy atom. The van der Waals surface area contributed by atoms with E-state index in [1.165, 1.54) is 23.3 Å². The van der Waals surface area contributed by atoms with Crippen LogP contribution in [0.5, 0.6) is 0 Å². The van der Waals surface area contributed by atoms with Gasteiger partial charge in [-0.05, 0) is 55.8 Å². The second-order valence-electron chi connectivity index (χ2n) is 5.22. The van der Waals surface area contributed by atoms with Gasteiger partial charge in [0.25, 0.3) is 0 Å². The van der Waals surface area contributed by atoms with Gasteiger partial charge < -0.3 is 10.6 Å². The van der Waals surface area contributed by atoms with Gasteiger partial charge in [0.1, 0.15) is 0 Å². The van der Waals surface area contributed by atoms with Crippen molar-refractivity contribution in [3.8, 4) is 0 Å². The van der Waals surface area contributed by atoms with Crippen LogP contribution in [0.15, 0.2) is 29.2 Å². The first-order valence-electron chi connectivity index (χ1n) is 6.19. The molecule has 17 heavy (non-hydrogen) atoms. The molecular weight excluding hydrogens is 228 g/mol. The Labute approximate surface area is 109 Å². The number of nitrogens with two attached hydrogens (primary N) is 1. The standard InChI is InChI=1S/C14H22N2S/c1-16(11-14(10-15)7-8-14)9-12-3-5-13(17-2)6-4-12/h3-6H,7-11,15H2,1-2H3. The predicted octanol–water partition coefficient (Wildman–Crippen LogP) is 2.58. The van der Waals surface area contributed by atoms with Crippen LogP contribution in [-0.4, -0.2) is 31.3 Å². The lowest BCUT2D eigenvalue weighted by Gasteiger charge is -2.22. The second kappa shape index (κ2) is 5.42. The number of nitrogens with zero attached hydrogens (tertiary/aromatic N) is 1. The Balaban J connectivity index is 1.87. The van der Waals surface area contributed by atoms with Crippen molar-refractivity contribution in [1.82, 2.24) is 4.90 Å². The molecule has 1 fully saturated rings. The van der Waals surface area contributed by atoms with Crippen LogP contribution in [0.1, 0.15) is 18.4 Å². The van der Waals surface area contributed by atoms with Gasteiger partial charge >= 0.3 is 0 Å². The van der Waals surface area contributed by atoms with Crippen LogP contribution in [-0.2, 0) is 6.54 Å². The number of hydrogen-bond donors (Lipinski definition) is 1. The molecule has 2 N–H and O–H groups in total.